The van der Waals surface area contributed by atoms with Crippen LogP contribution in [0.25, 0.3) is 0 Å². The Morgan fingerprint density at radius 3 is 2.48 bits per heavy atom. The number of aryl methyl sites for hydroxylation is 1. The maximum absolute atomic E-state index is 13.5. The van der Waals surface area contributed by atoms with E-state index in [-0.39, 0.29) is 24.5 Å². The van der Waals surface area contributed by atoms with Crippen molar-refractivity contribution in [3.05, 3.63) is 95.1 Å². The van der Waals surface area contributed by atoms with Crippen LogP contribution in [0.5, 0.6) is 5.75 Å². The maximum atomic E-state index is 13.5. The van der Waals surface area contributed by atoms with Crippen molar-refractivity contribution in [1.29, 1.82) is 0 Å². The average Bonchev–Trinajstić information content (AvgIpc) is 3.61. The fraction of sp³-hybridized carbons (Fsp3) is 0.323. The van der Waals surface area contributed by atoms with Crippen LogP contribution in [0.1, 0.15) is 46.0 Å². The third kappa shape index (κ3) is 6.10. The van der Waals surface area contributed by atoms with Crippen LogP contribution in [0.15, 0.2) is 72.8 Å². The quantitative estimate of drug-likeness (QED) is 0.408. The number of amides is 3. The largest absolute Gasteiger partial charge is 0.496 e. The number of nitrogens with zero attached hydrogens (tertiary/aromatic N) is 1. The molecule has 3 aromatic rings. The Kier molecular flexibility index (Phi) is 8.31. The minimum absolute atomic E-state index is 0.0305. The standard InChI is InChI=1S/C31H33N3O6/c1-20-9-11-21(12-10-20)19-34-27(30(36)32-18-24-6-5-17-39-24)28(40-31(34)37)22-13-15-23(16-14-22)33-29(35)25-7-3-4-8-26(25)38-2/h3-4,7-16,24,27-28H,5-6,17-19H2,1-2H3,(H,32,36)(H,33,35)/t24-,27+,28-/m0/s1. The number of cyclic esters (lactones) is 1. The Morgan fingerprint density at radius 1 is 1.02 bits per heavy atom. The predicted molar refractivity (Wildman–Crippen MR) is 149 cm³/mol. The van der Waals surface area contributed by atoms with Gasteiger partial charge in [0.05, 0.1) is 25.3 Å². The minimum Gasteiger partial charge on any atom is -0.496 e. The second-order valence-electron chi connectivity index (χ2n) is 10.0. The van der Waals surface area contributed by atoms with E-state index < -0.39 is 18.2 Å². The van der Waals surface area contributed by atoms with Crippen molar-refractivity contribution in [2.75, 3.05) is 25.6 Å². The molecular formula is C31H33N3O6. The summed E-state index contributed by atoms with van der Waals surface area (Å²) in [6.07, 6.45) is 0.446. The number of hydrogen-bond acceptors (Lipinski definition) is 6. The fourth-order valence-corrected chi connectivity index (χ4v) is 5.01. The second-order valence-corrected chi connectivity index (χ2v) is 10.0. The molecule has 0 bridgehead atoms. The summed E-state index contributed by atoms with van der Waals surface area (Å²) in [5.41, 5.74) is 3.62. The predicted octanol–water partition coefficient (Wildman–Crippen LogP) is 4.61. The number of rotatable bonds is 9. The molecular weight excluding hydrogens is 510 g/mol. The van der Waals surface area contributed by atoms with Crippen molar-refractivity contribution >= 4 is 23.6 Å². The van der Waals surface area contributed by atoms with Crippen LogP contribution in [0.3, 0.4) is 0 Å². The second kappa shape index (κ2) is 12.2. The number of methoxy groups -OCH3 is 1. The summed E-state index contributed by atoms with van der Waals surface area (Å²) < 4.78 is 16.7. The first kappa shape index (κ1) is 27.2. The lowest BCUT2D eigenvalue weighted by molar-refractivity contribution is -0.126. The van der Waals surface area contributed by atoms with Gasteiger partial charge >= 0.3 is 6.09 Å². The number of anilines is 1. The Balaban J connectivity index is 1.34. The van der Waals surface area contributed by atoms with Gasteiger partial charge < -0.3 is 24.8 Å². The highest BCUT2D eigenvalue weighted by Gasteiger charge is 2.47. The van der Waals surface area contributed by atoms with Gasteiger partial charge in [-0.05, 0) is 55.2 Å². The van der Waals surface area contributed by atoms with Gasteiger partial charge in [-0.3, -0.25) is 14.5 Å². The Bertz CT molecular complexity index is 1350. The van der Waals surface area contributed by atoms with Gasteiger partial charge in [0.25, 0.3) is 5.91 Å². The molecule has 2 aliphatic rings. The number of nitrogens with one attached hydrogen (secondary N) is 2. The molecule has 2 heterocycles. The smallest absolute Gasteiger partial charge is 0.411 e. The Morgan fingerprint density at radius 2 is 1.77 bits per heavy atom. The fourth-order valence-electron chi connectivity index (χ4n) is 5.01. The summed E-state index contributed by atoms with van der Waals surface area (Å²) in [4.78, 5) is 40.8. The van der Waals surface area contributed by atoms with E-state index in [1.807, 2.05) is 31.2 Å². The molecule has 9 nitrogen and oxygen atoms in total. The lowest BCUT2D eigenvalue weighted by Gasteiger charge is -2.25. The van der Waals surface area contributed by atoms with E-state index in [9.17, 15) is 14.4 Å². The molecule has 2 fully saturated rings. The van der Waals surface area contributed by atoms with Gasteiger partial charge in [-0.1, -0.05) is 54.1 Å². The van der Waals surface area contributed by atoms with Crippen LogP contribution < -0.4 is 15.4 Å². The minimum atomic E-state index is -0.871. The molecule has 0 spiro atoms. The van der Waals surface area contributed by atoms with E-state index in [0.717, 1.165) is 24.0 Å². The van der Waals surface area contributed by atoms with Gasteiger partial charge in [0.2, 0.25) is 5.91 Å². The van der Waals surface area contributed by atoms with E-state index in [4.69, 9.17) is 14.2 Å². The first-order chi connectivity index (χ1) is 19.4. The molecule has 3 amide bonds. The molecule has 3 aromatic carbocycles. The van der Waals surface area contributed by atoms with Crippen molar-refractivity contribution in [3.63, 3.8) is 0 Å². The molecule has 0 aliphatic carbocycles. The number of benzene rings is 3. The number of carbonyl (C=O) groups is 3. The van der Waals surface area contributed by atoms with Gasteiger partial charge in [0.15, 0.2) is 12.1 Å². The maximum Gasteiger partial charge on any atom is 0.411 e. The molecule has 208 valence electrons. The molecule has 5 rings (SSSR count). The topological polar surface area (TPSA) is 106 Å². The summed E-state index contributed by atoms with van der Waals surface area (Å²) in [6, 6.07) is 20.9. The summed E-state index contributed by atoms with van der Waals surface area (Å²) in [5.74, 6) is -0.139. The van der Waals surface area contributed by atoms with Crippen LogP contribution in [0, 0.1) is 6.92 Å². The SMILES string of the molecule is COc1ccccc1C(=O)Nc1ccc([C@@H]2OC(=O)N(Cc3ccc(C)cc3)[C@H]2C(=O)NC[C@@H]2CCCO2)cc1. The number of para-hydroxylation sites is 1. The molecule has 3 atom stereocenters. The molecule has 2 saturated heterocycles. The molecule has 0 saturated carbocycles. The highest BCUT2D eigenvalue weighted by atomic mass is 16.6. The van der Waals surface area contributed by atoms with Crippen molar-refractivity contribution in [2.24, 2.45) is 0 Å². The van der Waals surface area contributed by atoms with Crippen LogP contribution in [-0.4, -0.2) is 55.2 Å². The van der Waals surface area contributed by atoms with Crippen molar-refractivity contribution in [2.45, 2.75) is 44.6 Å². The van der Waals surface area contributed by atoms with Crippen LogP contribution in [0.2, 0.25) is 0 Å². The van der Waals surface area contributed by atoms with Gasteiger partial charge in [-0.15, -0.1) is 0 Å². The highest BCUT2D eigenvalue weighted by Crippen LogP contribution is 2.35. The molecule has 0 aromatic heterocycles. The van der Waals surface area contributed by atoms with Crippen LogP contribution in [0.4, 0.5) is 10.5 Å². The Hall–Kier alpha value is -4.37. The number of hydrogen-bond donors (Lipinski definition) is 2. The Labute approximate surface area is 233 Å². The molecule has 2 aliphatic heterocycles. The first-order valence-electron chi connectivity index (χ1n) is 13.4. The first-order valence-corrected chi connectivity index (χ1v) is 13.4. The summed E-state index contributed by atoms with van der Waals surface area (Å²) in [5, 5.41) is 5.83. The normalized spacial score (nSPS) is 20.2. The molecule has 0 unspecified atom stereocenters. The molecule has 40 heavy (non-hydrogen) atoms. The highest BCUT2D eigenvalue weighted by molar-refractivity contribution is 6.06. The van der Waals surface area contributed by atoms with Crippen molar-refractivity contribution < 1.29 is 28.6 Å². The van der Waals surface area contributed by atoms with E-state index in [1.165, 1.54) is 12.0 Å². The van der Waals surface area contributed by atoms with Crippen molar-refractivity contribution in [3.8, 4) is 5.75 Å². The summed E-state index contributed by atoms with van der Waals surface area (Å²) in [6.45, 7) is 3.30. The molecule has 2 N–H and O–H groups in total. The van der Waals surface area contributed by atoms with E-state index >= 15 is 0 Å². The summed E-state index contributed by atoms with van der Waals surface area (Å²) >= 11 is 0. The third-order valence-corrected chi connectivity index (χ3v) is 7.20. The van der Waals surface area contributed by atoms with Crippen LogP contribution in [-0.2, 0) is 20.8 Å². The zero-order chi connectivity index (χ0) is 28.1. The summed E-state index contributed by atoms with van der Waals surface area (Å²) in [7, 11) is 1.51. The molecule has 0 radical (unpaired) electrons. The van der Waals surface area contributed by atoms with Gasteiger partial charge in [-0.2, -0.15) is 0 Å². The third-order valence-electron chi connectivity index (χ3n) is 7.20. The van der Waals surface area contributed by atoms with E-state index in [2.05, 4.69) is 10.6 Å². The number of carbonyl (C=O) groups excluding carboxylic acids is 3. The van der Waals surface area contributed by atoms with Crippen LogP contribution >= 0.6 is 0 Å². The average molecular weight is 544 g/mol. The van der Waals surface area contributed by atoms with E-state index in [0.29, 0.717) is 35.7 Å². The van der Waals surface area contributed by atoms with Gasteiger partial charge in [0, 0.05) is 18.8 Å². The number of ether oxygens (including phenoxy) is 3. The lowest BCUT2D eigenvalue weighted by atomic mass is 10.00. The molecule has 9 heteroatoms. The zero-order valence-corrected chi connectivity index (χ0v) is 22.6. The lowest BCUT2D eigenvalue weighted by Crippen LogP contribution is -2.47. The zero-order valence-electron chi connectivity index (χ0n) is 22.6. The monoisotopic (exact) mass is 543 g/mol. The van der Waals surface area contributed by atoms with Gasteiger partial charge in [-0.25, -0.2) is 4.79 Å². The van der Waals surface area contributed by atoms with Crippen molar-refractivity contribution in [1.82, 2.24) is 10.2 Å². The van der Waals surface area contributed by atoms with Gasteiger partial charge in [0.1, 0.15) is 5.75 Å². The van der Waals surface area contributed by atoms with E-state index in [1.54, 1.807) is 48.5 Å².